The molecule has 0 radical (unpaired) electrons. The van der Waals surface area contributed by atoms with Gasteiger partial charge in [0.2, 0.25) is 0 Å². The number of carbonyl (C=O) groups excluding carboxylic acids is 2. The highest BCUT2D eigenvalue weighted by Gasteiger charge is 2.20. The van der Waals surface area contributed by atoms with Crippen molar-refractivity contribution in [3.8, 4) is 11.5 Å². The third kappa shape index (κ3) is 5.20. The lowest BCUT2D eigenvalue weighted by molar-refractivity contribution is 0.0299. The summed E-state index contributed by atoms with van der Waals surface area (Å²) in [5.74, 6) is 0.968. The number of morpholine rings is 1. The van der Waals surface area contributed by atoms with Crippen molar-refractivity contribution >= 4 is 11.8 Å². The molecule has 28 heavy (non-hydrogen) atoms. The van der Waals surface area contributed by atoms with Gasteiger partial charge in [-0.2, -0.15) is 0 Å². The van der Waals surface area contributed by atoms with Crippen LogP contribution in [0.15, 0.2) is 42.6 Å². The first-order valence-electron chi connectivity index (χ1n) is 9.05. The zero-order chi connectivity index (χ0) is 19.8. The van der Waals surface area contributed by atoms with Gasteiger partial charge in [-0.15, -0.1) is 0 Å². The fraction of sp³-hybridized carbons (Fsp3) is 0.350. The molecule has 3 rings (SSSR count). The summed E-state index contributed by atoms with van der Waals surface area (Å²) in [7, 11) is 1.60. The minimum atomic E-state index is -0.281. The Hall–Kier alpha value is -3.13. The standard InChI is InChI=1S/C20H23N3O5/c1-26-16-2-4-17(5-3-16)28-11-8-22-19(24)15-6-7-21-18(14-15)20(25)23-9-12-27-13-10-23/h2-7,14H,8-13H2,1H3,(H,22,24). The van der Waals surface area contributed by atoms with E-state index in [-0.39, 0.29) is 17.5 Å². The molecule has 1 aliphatic rings. The molecular formula is C20H23N3O5. The molecule has 1 saturated heterocycles. The van der Waals surface area contributed by atoms with Crippen LogP contribution in [0, 0.1) is 0 Å². The van der Waals surface area contributed by atoms with Gasteiger partial charge in [0, 0.05) is 24.8 Å². The molecule has 0 bridgehead atoms. The summed E-state index contributed by atoms with van der Waals surface area (Å²) >= 11 is 0. The summed E-state index contributed by atoms with van der Waals surface area (Å²) in [5, 5.41) is 2.78. The highest BCUT2D eigenvalue weighted by Crippen LogP contribution is 2.16. The molecule has 148 valence electrons. The average Bonchev–Trinajstić information content (AvgIpc) is 2.77. The largest absolute Gasteiger partial charge is 0.497 e. The first-order valence-corrected chi connectivity index (χ1v) is 9.05. The van der Waals surface area contributed by atoms with Gasteiger partial charge in [0.1, 0.15) is 23.8 Å². The molecule has 2 heterocycles. The number of ether oxygens (including phenoxy) is 3. The van der Waals surface area contributed by atoms with Crippen molar-refractivity contribution in [1.82, 2.24) is 15.2 Å². The van der Waals surface area contributed by atoms with Crippen LogP contribution in [0.3, 0.4) is 0 Å². The van der Waals surface area contributed by atoms with Crippen molar-refractivity contribution in [2.45, 2.75) is 0 Å². The van der Waals surface area contributed by atoms with Crippen molar-refractivity contribution in [2.75, 3.05) is 46.6 Å². The molecule has 1 aromatic heterocycles. The first-order chi connectivity index (χ1) is 13.7. The van der Waals surface area contributed by atoms with Gasteiger partial charge >= 0.3 is 0 Å². The average molecular weight is 385 g/mol. The maximum absolute atomic E-state index is 12.5. The van der Waals surface area contributed by atoms with Gasteiger partial charge in [-0.25, -0.2) is 0 Å². The minimum Gasteiger partial charge on any atom is -0.497 e. The predicted molar refractivity (Wildman–Crippen MR) is 102 cm³/mol. The molecule has 8 heteroatoms. The van der Waals surface area contributed by atoms with Crippen LogP contribution < -0.4 is 14.8 Å². The lowest BCUT2D eigenvalue weighted by atomic mass is 10.2. The van der Waals surface area contributed by atoms with Gasteiger partial charge < -0.3 is 24.4 Å². The van der Waals surface area contributed by atoms with Crippen molar-refractivity contribution in [3.63, 3.8) is 0 Å². The molecule has 0 spiro atoms. The van der Waals surface area contributed by atoms with E-state index in [1.165, 1.54) is 12.3 Å². The Kier molecular flexibility index (Phi) is 6.80. The van der Waals surface area contributed by atoms with Gasteiger partial charge in [-0.1, -0.05) is 0 Å². The van der Waals surface area contributed by atoms with E-state index in [1.807, 2.05) is 0 Å². The summed E-state index contributed by atoms with van der Waals surface area (Å²) in [6.45, 7) is 2.74. The predicted octanol–water partition coefficient (Wildman–Crippen LogP) is 1.37. The Morgan fingerprint density at radius 3 is 2.57 bits per heavy atom. The highest BCUT2D eigenvalue weighted by molar-refractivity contribution is 5.98. The second-order valence-corrected chi connectivity index (χ2v) is 6.11. The molecule has 0 aliphatic carbocycles. The lowest BCUT2D eigenvalue weighted by Crippen LogP contribution is -2.41. The highest BCUT2D eigenvalue weighted by atomic mass is 16.5. The molecule has 1 aliphatic heterocycles. The summed E-state index contributed by atoms with van der Waals surface area (Å²) in [6.07, 6.45) is 1.47. The van der Waals surface area contributed by atoms with Crippen LogP contribution in [0.25, 0.3) is 0 Å². The number of aromatic nitrogens is 1. The SMILES string of the molecule is COc1ccc(OCCNC(=O)c2ccnc(C(=O)N3CCOCC3)c2)cc1. The van der Waals surface area contributed by atoms with Crippen molar-refractivity contribution in [3.05, 3.63) is 53.9 Å². The van der Waals surface area contributed by atoms with Crippen LogP contribution in [-0.4, -0.2) is 68.3 Å². The smallest absolute Gasteiger partial charge is 0.272 e. The van der Waals surface area contributed by atoms with E-state index in [2.05, 4.69) is 10.3 Å². The topological polar surface area (TPSA) is 90.0 Å². The summed E-state index contributed by atoms with van der Waals surface area (Å²) in [4.78, 5) is 30.6. The Morgan fingerprint density at radius 1 is 1.14 bits per heavy atom. The molecule has 0 atom stereocenters. The molecule has 2 aromatic rings. The molecule has 1 N–H and O–H groups in total. The first kappa shape index (κ1) is 19.6. The van der Waals surface area contributed by atoms with E-state index in [4.69, 9.17) is 14.2 Å². The second-order valence-electron chi connectivity index (χ2n) is 6.11. The number of nitrogens with one attached hydrogen (secondary N) is 1. The minimum absolute atomic E-state index is 0.194. The number of benzene rings is 1. The number of rotatable bonds is 7. The van der Waals surface area contributed by atoms with E-state index in [9.17, 15) is 9.59 Å². The number of hydrogen-bond acceptors (Lipinski definition) is 6. The van der Waals surface area contributed by atoms with Crippen molar-refractivity contribution in [1.29, 1.82) is 0 Å². The van der Waals surface area contributed by atoms with Gasteiger partial charge in [-0.3, -0.25) is 14.6 Å². The van der Waals surface area contributed by atoms with Crippen LogP contribution in [0.5, 0.6) is 11.5 Å². The maximum Gasteiger partial charge on any atom is 0.272 e. The van der Waals surface area contributed by atoms with E-state index in [1.54, 1.807) is 42.3 Å². The number of carbonyl (C=O) groups is 2. The van der Waals surface area contributed by atoms with E-state index in [0.717, 1.165) is 5.75 Å². The van der Waals surface area contributed by atoms with Gasteiger partial charge in [-0.05, 0) is 36.4 Å². The Bertz CT molecular complexity index is 804. The van der Waals surface area contributed by atoms with E-state index >= 15 is 0 Å². The summed E-state index contributed by atoms with van der Waals surface area (Å²) < 4.78 is 15.9. The second kappa shape index (κ2) is 9.70. The maximum atomic E-state index is 12.5. The third-order valence-corrected chi connectivity index (χ3v) is 4.26. The molecule has 1 aromatic carbocycles. The molecule has 0 saturated carbocycles. The van der Waals surface area contributed by atoms with Crippen LogP contribution in [0.2, 0.25) is 0 Å². The quantitative estimate of drug-likeness (QED) is 0.724. The Morgan fingerprint density at radius 2 is 1.86 bits per heavy atom. The molecule has 0 unspecified atom stereocenters. The number of methoxy groups -OCH3 is 1. The van der Waals surface area contributed by atoms with Crippen LogP contribution in [-0.2, 0) is 4.74 Å². The normalized spacial score (nSPS) is 13.7. The summed E-state index contributed by atoms with van der Waals surface area (Å²) in [5.41, 5.74) is 0.639. The number of pyridine rings is 1. The van der Waals surface area contributed by atoms with Gasteiger partial charge in [0.15, 0.2) is 0 Å². The molecule has 8 nitrogen and oxygen atoms in total. The Labute approximate surface area is 163 Å². The van der Waals surface area contributed by atoms with Gasteiger partial charge in [0.05, 0.1) is 26.9 Å². The summed E-state index contributed by atoms with van der Waals surface area (Å²) in [6, 6.07) is 10.3. The fourth-order valence-corrected chi connectivity index (χ4v) is 2.72. The van der Waals surface area contributed by atoms with Crippen LogP contribution in [0.1, 0.15) is 20.8 Å². The molecule has 1 fully saturated rings. The number of nitrogens with zero attached hydrogens (tertiary/aromatic N) is 2. The fourth-order valence-electron chi connectivity index (χ4n) is 2.72. The molecule has 2 amide bonds. The van der Waals surface area contributed by atoms with Gasteiger partial charge in [0.25, 0.3) is 11.8 Å². The monoisotopic (exact) mass is 385 g/mol. The lowest BCUT2D eigenvalue weighted by Gasteiger charge is -2.26. The number of amides is 2. The van der Waals surface area contributed by atoms with Crippen molar-refractivity contribution in [2.24, 2.45) is 0 Å². The zero-order valence-electron chi connectivity index (χ0n) is 15.7. The zero-order valence-corrected chi connectivity index (χ0v) is 15.7. The van der Waals surface area contributed by atoms with Crippen molar-refractivity contribution < 1.29 is 23.8 Å². The van der Waals surface area contributed by atoms with Crippen LogP contribution >= 0.6 is 0 Å². The molecular weight excluding hydrogens is 362 g/mol. The number of hydrogen-bond donors (Lipinski definition) is 1. The van der Waals surface area contributed by atoms with E-state index in [0.29, 0.717) is 50.8 Å². The van der Waals surface area contributed by atoms with E-state index < -0.39 is 0 Å². The Balaban J connectivity index is 1.49. The third-order valence-electron chi connectivity index (χ3n) is 4.26. The van der Waals surface area contributed by atoms with Crippen LogP contribution in [0.4, 0.5) is 0 Å².